The number of amides is 1. The third kappa shape index (κ3) is 16.8. The molecule has 0 rings (SSSR count). The van der Waals surface area contributed by atoms with Crippen molar-refractivity contribution in [2.24, 2.45) is 0 Å². The second kappa shape index (κ2) is 19.0. The largest absolute Gasteiger partial charge is 0.480 e. The van der Waals surface area contributed by atoms with Crippen molar-refractivity contribution in [3.05, 3.63) is 12.2 Å². The summed E-state index contributed by atoms with van der Waals surface area (Å²) < 4.78 is 0. The molecule has 5 nitrogen and oxygen atoms in total. The van der Waals surface area contributed by atoms with Gasteiger partial charge in [-0.3, -0.25) is 14.5 Å². The molecule has 0 aromatic heterocycles. The normalized spacial score (nSPS) is 12.6. The SMILES string of the molecule is C/C=C/CCCCCCCCCCCC(=O)NCCCC[C@@H](C(=O)O)N(C)C. The van der Waals surface area contributed by atoms with E-state index in [0.29, 0.717) is 19.4 Å². The fraction of sp³-hybridized carbons (Fsp3) is 0.826. The zero-order valence-electron chi connectivity index (χ0n) is 18.5. The Morgan fingerprint density at radius 1 is 0.893 bits per heavy atom. The number of hydrogen-bond donors (Lipinski definition) is 2. The summed E-state index contributed by atoms with van der Waals surface area (Å²) >= 11 is 0. The smallest absolute Gasteiger partial charge is 0.320 e. The lowest BCUT2D eigenvalue weighted by atomic mass is 10.1. The molecular formula is C23H44N2O3. The third-order valence-corrected chi connectivity index (χ3v) is 5.15. The van der Waals surface area contributed by atoms with Gasteiger partial charge in [0.2, 0.25) is 5.91 Å². The summed E-state index contributed by atoms with van der Waals surface area (Å²) in [7, 11) is 3.57. The molecule has 0 bridgehead atoms. The lowest BCUT2D eigenvalue weighted by Gasteiger charge is -2.19. The Bertz CT molecular complexity index is 422. The summed E-state index contributed by atoms with van der Waals surface area (Å²) in [6.07, 6.45) is 19.8. The first-order valence-corrected chi connectivity index (χ1v) is 11.3. The highest BCUT2D eigenvalue weighted by molar-refractivity contribution is 5.75. The van der Waals surface area contributed by atoms with Crippen molar-refractivity contribution < 1.29 is 14.7 Å². The maximum absolute atomic E-state index is 11.8. The molecule has 0 aromatic rings. The van der Waals surface area contributed by atoms with Crippen molar-refractivity contribution >= 4 is 11.9 Å². The monoisotopic (exact) mass is 396 g/mol. The van der Waals surface area contributed by atoms with Gasteiger partial charge in [-0.05, 0) is 59.5 Å². The van der Waals surface area contributed by atoms with E-state index in [4.69, 9.17) is 5.11 Å². The van der Waals surface area contributed by atoms with Crippen LogP contribution in [-0.2, 0) is 9.59 Å². The molecule has 164 valence electrons. The Kier molecular flexibility index (Phi) is 18.1. The number of likely N-dealkylation sites (N-methyl/N-ethyl adjacent to an activating group) is 1. The number of carboxylic acid groups (broad SMARTS) is 1. The van der Waals surface area contributed by atoms with Crippen molar-refractivity contribution in [1.29, 1.82) is 0 Å². The zero-order valence-corrected chi connectivity index (χ0v) is 18.5. The Morgan fingerprint density at radius 2 is 1.46 bits per heavy atom. The van der Waals surface area contributed by atoms with Crippen LogP contribution in [-0.4, -0.2) is 48.6 Å². The molecule has 0 aliphatic rings. The Hall–Kier alpha value is -1.36. The highest BCUT2D eigenvalue weighted by atomic mass is 16.4. The van der Waals surface area contributed by atoms with E-state index in [9.17, 15) is 9.59 Å². The van der Waals surface area contributed by atoms with Gasteiger partial charge in [-0.25, -0.2) is 0 Å². The second-order valence-electron chi connectivity index (χ2n) is 7.95. The molecule has 0 saturated heterocycles. The number of allylic oxidation sites excluding steroid dienone is 2. The topological polar surface area (TPSA) is 69.6 Å². The minimum absolute atomic E-state index is 0.128. The number of nitrogens with zero attached hydrogens (tertiary/aromatic N) is 1. The summed E-state index contributed by atoms with van der Waals surface area (Å²) in [6.45, 7) is 2.72. The number of carbonyl (C=O) groups is 2. The van der Waals surface area contributed by atoms with Crippen LogP contribution in [0.1, 0.15) is 96.8 Å². The van der Waals surface area contributed by atoms with Crippen LogP contribution in [0.15, 0.2) is 12.2 Å². The summed E-state index contributed by atoms with van der Waals surface area (Å²) in [5.74, 6) is -0.651. The summed E-state index contributed by atoms with van der Waals surface area (Å²) in [5, 5.41) is 12.1. The van der Waals surface area contributed by atoms with Crippen LogP contribution in [0.2, 0.25) is 0 Å². The van der Waals surface area contributed by atoms with Gasteiger partial charge < -0.3 is 10.4 Å². The molecule has 28 heavy (non-hydrogen) atoms. The van der Waals surface area contributed by atoms with Crippen molar-refractivity contribution in [3.8, 4) is 0 Å². The molecule has 0 heterocycles. The average molecular weight is 397 g/mol. The number of rotatable bonds is 19. The number of carboxylic acids is 1. The molecule has 0 fully saturated rings. The molecular weight excluding hydrogens is 352 g/mol. The number of nitrogens with one attached hydrogen (secondary N) is 1. The van der Waals surface area contributed by atoms with E-state index in [1.807, 2.05) is 0 Å². The van der Waals surface area contributed by atoms with Crippen molar-refractivity contribution in [3.63, 3.8) is 0 Å². The van der Waals surface area contributed by atoms with Gasteiger partial charge in [0, 0.05) is 13.0 Å². The van der Waals surface area contributed by atoms with E-state index in [1.54, 1.807) is 19.0 Å². The standard InChI is InChI=1S/C23H44N2O3/c1-4-5-6-7-8-9-10-11-12-13-14-15-19-22(26)24-20-17-16-18-21(23(27)28)25(2)3/h4-5,21H,6-20H2,1-3H3,(H,24,26)(H,27,28)/b5-4+/t21-/m0/s1. The third-order valence-electron chi connectivity index (χ3n) is 5.15. The molecule has 5 heteroatoms. The first-order valence-electron chi connectivity index (χ1n) is 11.3. The Morgan fingerprint density at radius 3 is 2.00 bits per heavy atom. The van der Waals surface area contributed by atoms with Crippen molar-refractivity contribution in [1.82, 2.24) is 10.2 Å². The predicted octanol–water partition coefficient (Wildman–Crippen LogP) is 5.15. The zero-order chi connectivity index (χ0) is 21.0. The Balaban J connectivity index is 3.39. The summed E-state index contributed by atoms with van der Waals surface area (Å²) in [4.78, 5) is 24.6. The lowest BCUT2D eigenvalue weighted by molar-refractivity contribution is -0.142. The maximum Gasteiger partial charge on any atom is 0.320 e. The molecule has 0 aliphatic carbocycles. The van der Waals surface area contributed by atoms with Crippen LogP contribution < -0.4 is 5.32 Å². The highest BCUT2D eigenvalue weighted by Gasteiger charge is 2.18. The first-order chi connectivity index (χ1) is 13.5. The predicted molar refractivity (Wildman–Crippen MR) is 118 cm³/mol. The van der Waals surface area contributed by atoms with E-state index < -0.39 is 12.0 Å². The van der Waals surface area contributed by atoms with Crippen LogP contribution in [0.5, 0.6) is 0 Å². The summed E-state index contributed by atoms with van der Waals surface area (Å²) in [5.41, 5.74) is 0. The van der Waals surface area contributed by atoms with E-state index in [-0.39, 0.29) is 5.91 Å². The van der Waals surface area contributed by atoms with Gasteiger partial charge in [-0.1, -0.05) is 57.1 Å². The van der Waals surface area contributed by atoms with Gasteiger partial charge in [0.25, 0.3) is 0 Å². The van der Waals surface area contributed by atoms with Gasteiger partial charge in [-0.2, -0.15) is 0 Å². The number of hydrogen-bond acceptors (Lipinski definition) is 3. The van der Waals surface area contributed by atoms with Gasteiger partial charge >= 0.3 is 5.97 Å². The molecule has 0 aliphatic heterocycles. The van der Waals surface area contributed by atoms with Crippen LogP contribution in [0.25, 0.3) is 0 Å². The molecule has 1 amide bonds. The Labute approximate surface area is 173 Å². The first kappa shape index (κ1) is 26.6. The van der Waals surface area contributed by atoms with E-state index in [1.165, 1.54) is 51.4 Å². The van der Waals surface area contributed by atoms with Crippen LogP contribution in [0.3, 0.4) is 0 Å². The number of carbonyl (C=O) groups excluding carboxylic acids is 1. The fourth-order valence-electron chi connectivity index (χ4n) is 3.33. The number of aliphatic carboxylic acids is 1. The second-order valence-corrected chi connectivity index (χ2v) is 7.95. The minimum Gasteiger partial charge on any atom is -0.480 e. The number of unbranched alkanes of at least 4 members (excludes halogenated alkanes) is 10. The van der Waals surface area contributed by atoms with Crippen molar-refractivity contribution in [2.75, 3.05) is 20.6 Å². The molecule has 0 saturated carbocycles. The molecule has 1 atom stereocenters. The fourth-order valence-corrected chi connectivity index (χ4v) is 3.33. The van der Waals surface area contributed by atoms with Gasteiger partial charge in [0.05, 0.1) is 0 Å². The molecule has 2 N–H and O–H groups in total. The maximum atomic E-state index is 11.8. The van der Waals surface area contributed by atoms with E-state index in [2.05, 4.69) is 24.4 Å². The minimum atomic E-state index is -0.779. The van der Waals surface area contributed by atoms with E-state index >= 15 is 0 Å². The van der Waals surface area contributed by atoms with Crippen molar-refractivity contribution in [2.45, 2.75) is 103 Å². The van der Waals surface area contributed by atoms with E-state index in [0.717, 1.165) is 25.7 Å². The van der Waals surface area contributed by atoms with Gasteiger partial charge in [-0.15, -0.1) is 0 Å². The molecule has 0 radical (unpaired) electrons. The van der Waals surface area contributed by atoms with Gasteiger partial charge in [0.15, 0.2) is 0 Å². The quantitative estimate of drug-likeness (QED) is 0.234. The molecule has 0 spiro atoms. The molecule has 0 aromatic carbocycles. The summed E-state index contributed by atoms with van der Waals surface area (Å²) in [6, 6.07) is -0.436. The van der Waals surface area contributed by atoms with Crippen LogP contribution >= 0.6 is 0 Å². The van der Waals surface area contributed by atoms with Crippen LogP contribution in [0.4, 0.5) is 0 Å². The lowest BCUT2D eigenvalue weighted by Crippen LogP contribution is -2.35. The highest BCUT2D eigenvalue weighted by Crippen LogP contribution is 2.11. The molecule has 0 unspecified atom stereocenters. The van der Waals surface area contributed by atoms with Gasteiger partial charge in [0.1, 0.15) is 6.04 Å². The average Bonchev–Trinajstić information content (AvgIpc) is 2.64. The van der Waals surface area contributed by atoms with Crippen LogP contribution in [0, 0.1) is 0 Å².